The molecule has 0 unspecified atom stereocenters. The van der Waals surface area contributed by atoms with Gasteiger partial charge in [0.05, 0.1) is 24.1 Å². The Balaban J connectivity index is 1.82. The number of hydrogen-bond acceptors (Lipinski definition) is 4. The smallest absolute Gasteiger partial charge is 0.354 e. The third-order valence-electron chi connectivity index (χ3n) is 5.13. The van der Waals surface area contributed by atoms with Gasteiger partial charge in [-0.1, -0.05) is 23.2 Å². The summed E-state index contributed by atoms with van der Waals surface area (Å²) in [6.07, 6.45) is 5.87. The van der Waals surface area contributed by atoms with Crippen molar-refractivity contribution in [2.75, 3.05) is 18.0 Å². The summed E-state index contributed by atoms with van der Waals surface area (Å²) in [6.45, 7) is 3.93. The predicted octanol–water partition coefficient (Wildman–Crippen LogP) is 4.91. The van der Waals surface area contributed by atoms with Crippen molar-refractivity contribution in [3.05, 3.63) is 63.7 Å². The number of hydrogen-bond donors (Lipinski definition) is 1. The highest BCUT2D eigenvalue weighted by Gasteiger charge is 2.23. The summed E-state index contributed by atoms with van der Waals surface area (Å²) in [4.78, 5) is 23.2. The number of imidazole rings is 1. The monoisotopic (exact) mass is 430 g/mol. The first kappa shape index (κ1) is 19.7. The minimum atomic E-state index is -1.04. The topological polar surface area (TPSA) is 71.2 Å². The molecule has 0 radical (unpaired) electrons. The van der Waals surface area contributed by atoms with Crippen LogP contribution in [0, 0.1) is 6.92 Å². The molecule has 3 aromatic rings. The molecule has 29 heavy (non-hydrogen) atoms. The number of carbonyl (C=O) groups is 1. The molecule has 4 rings (SSSR count). The van der Waals surface area contributed by atoms with Gasteiger partial charge in [0.1, 0.15) is 5.82 Å². The zero-order valence-electron chi connectivity index (χ0n) is 15.9. The Bertz CT molecular complexity index is 1070. The Kier molecular flexibility index (Phi) is 5.48. The predicted molar refractivity (Wildman–Crippen MR) is 114 cm³/mol. The maximum Gasteiger partial charge on any atom is 0.354 e. The first-order valence-corrected chi connectivity index (χ1v) is 10.1. The van der Waals surface area contributed by atoms with Gasteiger partial charge in [0.2, 0.25) is 0 Å². The summed E-state index contributed by atoms with van der Waals surface area (Å²) in [5.74, 6) is -0.493. The van der Waals surface area contributed by atoms with Gasteiger partial charge in [-0.25, -0.2) is 9.78 Å². The molecule has 0 bridgehead atoms. The molecule has 1 aromatic carbocycles. The third kappa shape index (κ3) is 3.95. The number of pyridine rings is 1. The van der Waals surface area contributed by atoms with Crippen molar-refractivity contribution < 1.29 is 9.90 Å². The molecule has 150 valence electrons. The fourth-order valence-electron chi connectivity index (χ4n) is 3.75. The van der Waals surface area contributed by atoms with Gasteiger partial charge in [0.25, 0.3) is 0 Å². The van der Waals surface area contributed by atoms with E-state index in [0.29, 0.717) is 21.6 Å². The zero-order chi connectivity index (χ0) is 20.5. The number of benzene rings is 1. The Morgan fingerprint density at radius 3 is 2.66 bits per heavy atom. The first-order chi connectivity index (χ1) is 13.9. The highest BCUT2D eigenvalue weighted by atomic mass is 35.5. The van der Waals surface area contributed by atoms with Crippen LogP contribution in [0.5, 0.6) is 0 Å². The van der Waals surface area contributed by atoms with Crippen LogP contribution in [-0.2, 0) is 6.54 Å². The van der Waals surface area contributed by atoms with Crippen molar-refractivity contribution in [3.8, 4) is 11.4 Å². The Morgan fingerprint density at radius 1 is 1.17 bits per heavy atom. The lowest BCUT2D eigenvalue weighted by Gasteiger charge is -2.18. The van der Waals surface area contributed by atoms with Gasteiger partial charge in [-0.05, 0) is 49.6 Å². The van der Waals surface area contributed by atoms with Crippen molar-refractivity contribution >= 4 is 34.9 Å². The van der Waals surface area contributed by atoms with Gasteiger partial charge in [0, 0.05) is 34.9 Å². The van der Waals surface area contributed by atoms with E-state index in [4.69, 9.17) is 23.2 Å². The number of nitrogens with zero attached hydrogens (tertiary/aromatic N) is 4. The third-order valence-corrected chi connectivity index (χ3v) is 5.74. The van der Waals surface area contributed by atoms with Crippen LogP contribution in [0.2, 0.25) is 10.0 Å². The lowest BCUT2D eigenvalue weighted by Crippen LogP contribution is -2.18. The molecule has 1 aliphatic heterocycles. The van der Waals surface area contributed by atoms with E-state index >= 15 is 0 Å². The van der Waals surface area contributed by atoms with Crippen LogP contribution in [0.25, 0.3) is 11.4 Å². The van der Waals surface area contributed by atoms with Crippen LogP contribution in [0.15, 0.2) is 36.7 Å². The molecule has 6 nitrogen and oxygen atoms in total. The van der Waals surface area contributed by atoms with Crippen LogP contribution in [0.1, 0.15) is 34.6 Å². The van der Waals surface area contributed by atoms with Gasteiger partial charge in [0.15, 0.2) is 5.69 Å². The number of aromatic carboxylic acids is 1. The summed E-state index contributed by atoms with van der Waals surface area (Å²) in [5.41, 5.74) is 3.08. The molecule has 0 saturated carbocycles. The highest BCUT2D eigenvalue weighted by molar-refractivity contribution is 6.33. The van der Waals surface area contributed by atoms with E-state index in [1.54, 1.807) is 35.9 Å². The average Bonchev–Trinajstić information content (AvgIpc) is 3.33. The second kappa shape index (κ2) is 8.05. The fraction of sp³-hybridized carbons (Fsp3) is 0.286. The molecule has 1 N–H and O–H groups in total. The van der Waals surface area contributed by atoms with Crippen molar-refractivity contribution in [3.63, 3.8) is 0 Å². The largest absolute Gasteiger partial charge is 0.477 e. The number of carboxylic acid groups (broad SMARTS) is 1. The van der Waals surface area contributed by atoms with E-state index in [2.05, 4.69) is 14.9 Å². The summed E-state index contributed by atoms with van der Waals surface area (Å²) >= 11 is 12.5. The maximum atomic E-state index is 12.0. The molecule has 8 heteroatoms. The van der Waals surface area contributed by atoms with Crippen LogP contribution in [0.3, 0.4) is 0 Å². The number of aryl methyl sites for hydroxylation is 1. The fourth-order valence-corrected chi connectivity index (χ4v) is 4.12. The summed E-state index contributed by atoms with van der Waals surface area (Å²) in [5, 5.41) is 10.9. The average molecular weight is 431 g/mol. The molecule has 0 atom stereocenters. The lowest BCUT2D eigenvalue weighted by molar-refractivity contribution is 0.0685. The number of halogens is 2. The van der Waals surface area contributed by atoms with Crippen molar-refractivity contribution in [2.45, 2.75) is 26.3 Å². The Morgan fingerprint density at radius 2 is 1.93 bits per heavy atom. The van der Waals surface area contributed by atoms with Gasteiger partial charge in [-0.15, -0.1) is 0 Å². The quantitative estimate of drug-likeness (QED) is 0.622. The second-order valence-electron chi connectivity index (χ2n) is 7.12. The van der Waals surface area contributed by atoms with E-state index in [0.717, 1.165) is 42.7 Å². The van der Waals surface area contributed by atoms with Crippen LogP contribution in [0.4, 0.5) is 5.69 Å². The van der Waals surface area contributed by atoms with E-state index < -0.39 is 5.97 Å². The van der Waals surface area contributed by atoms with Gasteiger partial charge < -0.3 is 14.6 Å². The van der Waals surface area contributed by atoms with E-state index in [1.807, 2.05) is 12.3 Å². The van der Waals surface area contributed by atoms with Crippen LogP contribution in [-0.4, -0.2) is 38.7 Å². The maximum absolute atomic E-state index is 12.0. The number of carboxylic acids is 1. The number of anilines is 1. The highest BCUT2D eigenvalue weighted by Crippen LogP contribution is 2.29. The molecule has 0 spiro atoms. The normalized spacial score (nSPS) is 13.8. The second-order valence-corrected chi connectivity index (χ2v) is 7.97. The molecule has 1 fully saturated rings. The van der Waals surface area contributed by atoms with Gasteiger partial charge in [-0.3, -0.25) is 4.98 Å². The summed E-state index contributed by atoms with van der Waals surface area (Å²) < 4.78 is 1.67. The minimum Gasteiger partial charge on any atom is -0.477 e. The van der Waals surface area contributed by atoms with Crippen molar-refractivity contribution in [1.82, 2.24) is 14.5 Å². The van der Waals surface area contributed by atoms with Gasteiger partial charge >= 0.3 is 5.97 Å². The van der Waals surface area contributed by atoms with Crippen LogP contribution >= 0.6 is 23.2 Å². The summed E-state index contributed by atoms with van der Waals surface area (Å²) in [6, 6.07) is 7.17. The molecule has 0 aliphatic carbocycles. The summed E-state index contributed by atoms with van der Waals surface area (Å²) in [7, 11) is 0. The molecule has 3 heterocycles. The molecule has 1 saturated heterocycles. The van der Waals surface area contributed by atoms with Gasteiger partial charge in [-0.2, -0.15) is 0 Å². The molecule has 1 aliphatic rings. The molecular weight excluding hydrogens is 411 g/mol. The SMILES string of the molecule is Cc1nc(-c2cncc(N3CCCC3)c2)n(Cc2cc(Cl)ccc2Cl)c1C(=O)O. The van der Waals surface area contributed by atoms with Crippen molar-refractivity contribution in [2.24, 2.45) is 0 Å². The Hall–Kier alpha value is -2.57. The number of rotatable bonds is 5. The minimum absolute atomic E-state index is 0.127. The standard InChI is InChI=1S/C21H20Cl2N4O2/c1-13-19(21(28)29)27(12-15-8-16(22)4-5-18(15)23)20(25-13)14-9-17(11-24-10-14)26-6-2-3-7-26/h4-5,8-11H,2-3,6-7,12H2,1H3,(H,28,29). The molecule has 2 aromatic heterocycles. The number of aromatic nitrogens is 3. The lowest BCUT2D eigenvalue weighted by atomic mass is 10.2. The van der Waals surface area contributed by atoms with Crippen molar-refractivity contribution in [1.29, 1.82) is 0 Å². The van der Waals surface area contributed by atoms with E-state index in [1.165, 1.54) is 0 Å². The zero-order valence-corrected chi connectivity index (χ0v) is 17.4. The Labute approximate surface area is 178 Å². The van der Waals surface area contributed by atoms with E-state index in [-0.39, 0.29) is 12.2 Å². The first-order valence-electron chi connectivity index (χ1n) is 9.39. The molecular formula is C21H20Cl2N4O2. The molecule has 0 amide bonds. The van der Waals surface area contributed by atoms with E-state index in [9.17, 15) is 9.90 Å². The van der Waals surface area contributed by atoms with Crippen LogP contribution < -0.4 is 4.90 Å².